The lowest BCUT2D eigenvalue weighted by Gasteiger charge is -2.36. The zero-order valence-electron chi connectivity index (χ0n) is 17.3. The molecule has 2 amide bonds. The van der Waals surface area contributed by atoms with Crippen LogP contribution < -0.4 is 21.3 Å². The van der Waals surface area contributed by atoms with Crippen molar-refractivity contribution in [1.82, 2.24) is 9.97 Å². The van der Waals surface area contributed by atoms with Gasteiger partial charge in [-0.05, 0) is 49.7 Å². The minimum atomic E-state index is -0.254. The molecule has 2 aromatic rings. The highest BCUT2D eigenvalue weighted by Crippen LogP contribution is 2.32. The van der Waals surface area contributed by atoms with E-state index in [1.165, 1.54) is 0 Å². The van der Waals surface area contributed by atoms with Crippen LogP contribution in [0.25, 0.3) is 10.9 Å². The van der Waals surface area contributed by atoms with Crippen LogP contribution in [0.4, 0.5) is 11.8 Å². The molecule has 4 rings (SSSR count). The molecule has 0 saturated carbocycles. The van der Waals surface area contributed by atoms with Crippen LogP contribution in [-0.4, -0.2) is 48.0 Å². The lowest BCUT2D eigenvalue weighted by Crippen LogP contribution is -2.40. The van der Waals surface area contributed by atoms with E-state index in [4.69, 9.17) is 21.4 Å². The van der Waals surface area contributed by atoms with Crippen LogP contribution in [0.3, 0.4) is 0 Å². The molecule has 3 heterocycles. The van der Waals surface area contributed by atoms with Crippen molar-refractivity contribution in [3.05, 3.63) is 24.3 Å². The summed E-state index contributed by atoms with van der Waals surface area (Å²) in [5.41, 5.74) is 11.8. The lowest BCUT2D eigenvalue weighted by atomic mass is 9.94. The van der Waals surface area contributed by atoms with Crippen LogP contribution in [-0.2, 0) is 9.59 Å². The molecule has 0 aliphatic carbocycles. The van der Waals surface area contributed by atoms with Crippen LogP contribution in [0.2, 0.25) is 0 Å². The van der Waals surface area contributed by atoms with Gasteiger partial charge in [-0.15, -0.1) is 0 Å². The largest absolute Gasteiger partial charge is 0.370 e. The first kappa shape index (κ1) is 20.4. The number of hydrogen-bond donors (Lipinski definition) is 2. The topological polar surface area (TPSA) is 118 Å². The fourth-order valence-corrected chi connectivity index (χ4v) is 4.84. The van der Waals surface area contributed by atoms with Crippen LogP contribution in [0, 0.1) is 11.8 Å². The third-order valence-corrected chi connectivity index (χ3v) is 6.17. The molecule has 2 aliphatic heterocycles. The first-order valence-electron chi connectivity index (χ1n) is 10.8. The number of carbonyl (C=O) groups excluding carboxylic acids is 2. The average molecular weight is 411 g/mol. The van der Waals surface area contributed by atoms with Gasteiger partial charge in [0, 0.05) is 44.4 Å². The van der Waals surface area contributed by atoms with Gasteiger partial charge in [-0.25, -0.2) is 4.98 Å². The summed E-state index contributed by atoms with van der Waals surface area (Å²) >= 11 is 0. The molecule has 0 spiro atoms. The molecule has 30 heavy (non-hydrogen) atoms. The van der Waals surface area contributed by atoms with E-state index in [0.717, 1.165) is 68.6 Å². The fraction of sp³-hybridized carbons (Fsp3) is 0.545. The second-order valence-electron chi connectivity index (χ2n) is 8.61. The Balaban J connectivity index is 1.64. The van der Waals surface area contributed by atoms with Crippen molar-refractivity contribution in [3.8, 4) is 0 Å². The number of anilines is 2. The van der Waals surface area contributed by atoms with Crippen molar-refractivity contribution in [3.63, 3.8) is 0 Å². The molecule has 2 fully saturated rings. The highest BCUT2D eigenvalue weighted by atomic mass is 16.1. The third-order valence-electron chi connectivity index (χ3n) is 6.17. The van der Waals surface area contributed by atoms with Gasteiger partial charge in [-0.1, -0.05) is 12.1 Å². The Bertz CT molecular complexity index is 933. The smallest absolute Gasteiger partial charge is 0.227 e. The number of nitrogens with zero attached hydrogens (tertiary/aromatic N) is 4. The Morgan fingerprint density at radius 2 is 1.50 bits per heavy atom. The number of amides is 2. The number of carbonyl (C=O) groups is 2. The number of nitrogens with two attached hydrogens (primary N) is 2. The van der Waals surface area contributed by atoms with Crippen molar-refractivity contribution in [2.45, 2.75) is 38.5 Å². The van der Waals surface area contributed by atoms with Gasteiger partial charge in [0.2, 0.25) is 17.8 Å². The van der Waals surface area contributed by atoms with E-state index in [0.29, 0.717) is 18.8 Å². The molecule has 0 bridgehead atoms. The molecule has 0 radical (unpaired) electrons. The Hall–Kier alpha value is -2.90. The molecule has 8 heteroatoms. The molecule has 2 aliphatic rings. The van der Waals surface area contributed by atoms with Gasteiger partial charge in [-0.3, -0.25) is 9.59 Å². The fourth-order valence-electron chi connectivity index (χ4n) is 4.84. The highest BCUT2D eigenvalue weighted by Gasteiger charge is 2.27. The van der Waals surface area contributed by atoms with E-state index in [2.05, 4.69) is 15.9 Å². The number of hydrogen-bond acceptors (Lipinski definition) is 6. The van der Waals surface area contributed by atoms with Gasteiger partial charge >= 0.3 is 0 Å². The second-order valence-corrected chi connectivity index (χ2v) is 8.61. The SMILES string of the molecule is NC(=O)CC1CCCN(c2nc(N3CCCC(CC(N)=O)C3)c3ccccc3n2)C1. The average Bonchev–Trinajstić information content (AvgIpc) is 2.72. The summed E-state index contributed by atoms with van der Waals surface area (Å²) in [6.07, 6.45) is 4.83. The monoisotopic (exact) mass is 410 g/mol. The number of piperidine rings is 2. The Kier molecular flexibility index (Phi) is 6.01. The minimum Gasteiger partial charge on any atom is -0.370 e. The van der Waals surface area contributed by atoms with Gasteiger partial charge in [-0.2, -0.15) is 4.98 Å². The van der Waals surface area contributed by atoms with E-state index in [1.807, 2.05) is 18.2 Å². The number of aromatic nitrogens is 2. The molecular weight excluding hydrogens is 380 g/mol. The molecule has 1 aromatic heterocycles. The molecule has 1 aromatic carbocycles. The van der Waals surface area contributed by atoms with E-state index < -0.39 is 0 Å². The molecular formula is C22H30N6O2. The van der Waals surface area contributed by atoms with Crippen LogP contribution in [0.5, 0.6) is 0 Å². The summed E-state index contributed by atoms with van der Waals surface area (Å²) in [5, 5.41) is 1.02. The quantitative estimate of drug-likeness (QED) is 0.750. The molecule has 4 N–H and O–H groups in total. The summed E-state index contributed by atoms with van der Waals surface area (Å²) in [6, 6.07) is 8.06. The minimum absolute atomic E-state index is 0.240. The van der Waals surface area contributed by atoms with E-state index in [9.17, 15) is 9.59 Å². The van der Waals surface area contributed by atoms with E-state index in [-0.39, 0.29) is 23.7 Å². The number of rotatable bonds is 6. The summed E-state index contributed by atoms with van der Waals surface area (Å²) in [6.45, 7) is 3.29. The van der Waals surface area contributed by atoms with Crippen molar-refractivity contribution < 1.29 is 9.59 Å². The van der Waals surface area contributed by atoms with Crippen LogP contribution in [0.1, 0.15) is 38.5 Å². The predicted molar refractivity (Wildman–Crippen MR) is 117 cm³/mol. The van der Waals surface area contributed by atoms with Crippen molar-refractivity contribution >= 4 is 34.5 Å². The first-order chi connectivity index (χ1) is 14.5. The molecule has 2 unspecified atom stereocenters. The second kappa shape index (κ2) is 8.85. The van der Waals surface area contributed by atoms with E-state index in [1.54, 1.807) is 0 Å². The summed E-state index contributed by atoms with van der Waals surface area (Å²) in [5.74, 6) is 1.62. The van der Waals surface area contributed by atoms with Gasteiger partial charge in [0.25, 0.3) is 0 Å². The number of primary amides is 2. The standard InChI is InChI=1S/C22H30N6O2/c23-19(29)11-15-5-3-9-27(13-15)21-17-7-1-2-8-18(17)25-22(26-21)28-10-4-6-16(14-28)12-20(24)30/h1-2,7-8,15-16H,3-6,9-14H2,(H2,23,29)(H2,24,30). The summed E-state index contributed by atoms with van der Waals surface area (Å²) < 4.78 is 0. The summed E-state index contributed by atoms with van der Waals surface area (Å²) in [4.78, 5) is 37.1. The maximum Gasteiger partial charge on any atom is 0.227 e. The highest BCUT2D eigenvalue weighted by molar-refractivity contribution is 5.90. The van der Waals surface area contributed by atoms with Gasteiger partial charge in [0.05, 0.1) is 5.52 Å². The molecule has 2 atom stereocenters. The summed E-state index contributed by atoms with van der Waals surface area (Å²) in [7, 11) is 0. The maximum atomic E-state index is 11.4. The third kappa shape index (κ3) is 4.63. The van der Waals surface area contributed by atoms with Gasteiger partial charge in [0.15, 0.2) is 0 Å². The number of fused-ring (bicyclic) bond motifs is 1. The normalized spacial score (nSPS) is 22.3. The zero-order valence-corrected chi connectivity index (χ0v) is 17.3. The molecule has 2 saturated heterocycles. The zero-order chi connectivity index (χ0) is 21.1. The van der Waals surface area contributed by atoms with Crippen molar-refractivity contribution in [2.75, 3.05) is 36.0 Å². The van der Waals surface area contributed by atoms with Crippen molar-refractivity contribution in [1.29, 1.82) is 0 Å². The van der Waals surface area contributed by atoms with Gasteiger partial charge in [0.1, 0.15) is 5.82 Å². The maximum absolute atomic E-state index is 11.4. The van der Waals surface area contributed by atoms with Crippen LogP contribution in [0.15, 0.2) is 24.3 Å². The number of benzene rings is 1. The Labute approximate surface area is 176 Å². The first-order valence-corrected chi connectivity index (χ1v) is 10.8. The van der Waals surface area contributed by atoms with Gasteiger partial charge < -0.3 is 21.3 Å². The number of para-hydroxylation sites is 1. The molecule has 160 valence electrons. The Morgan fingerprint density at radius 1 is 0.900 bits per heavy atom. The van der Waals surface area contributed by atoms with E-state index >= 15 is 0 Å². The Morgan fingerprint density at radius 3 is 2.17 bits per heavy atom. The molecule has 8 nitrogen and oxygen atoms in total. The van der Waals surface area contributed by atoms with Crippen molar-refractivity contribution in [2.24, 2.45) is 23.3 Å². The predicted octanol–water partition coefficient (Wildman–Crippen LogP) is 1.81. The van der Waals surface area contributed by atoms with Crippen LogP contribution >= 0.6 is 0 Å². The lowest BCUT2D eigenvalue weighted by molar-refractivity contribution is -0.119.